The first-order valence-electron chi connectivity index (χ1n) is 9.50. The van der Waals surface area contributed by atoms with Gasteiger partial charge >= 0.3 is 6.18 Å². The number of hydrogen-bond donors (Lipinski definition) is 2. The second-order valence-electron chi connectivity index (χ2n) is 6.98. The molecule has 1 amide bonds. The molecule has 0 radical (unpaired) electrons. The highest BCUT2D eigenvalue weighted by molar-refractivity contribution is 5.92. The number of aryl methyl sites for hydroxylation is 2. The maximum absolute atomic E-state index is 13.0. The summed E-state index contributed by atoms with van der Waals surface area (Å²) in [5.41, 5.74) is -0.496. The Hall–Kier alpha value is -3.62. The Kier molecular flexibility index (Phi) is 6.43. The van der Waals surface area contributed by atoms with E-state index >= 15 is 0 Å². The van der Waals surface area contributed by atoms with Crippen molar-refractivity contribution >= 4 is 5.91 Å². The van der Waals surface area contributed by atoms with Gasteiger partial charge in [-0.05, 0) is 55.7 Å². The Balaban J connectivity index is 1.74. The minimum atomic E-state index is -4.53. The molecule has 2 aromatic carbocycles. The first-order valence-corrected chi connectivity index (χ1v) is 9.50. The number of nitrogens with one attached hydrogen (secondary N) is 1. The fraction of sp³-hybridized carbons (Fsp3) is 0.227. The molecule has 0 spiro atoms. The normalized spacial score (nSPS) is 11.4. The van der Waals surface area contributed by atoms with E-state index in [0.717, 1.165) is 22.4 Å². The summed E-state index contributed by atoms with van der Waals surface area (Å²) < 4.78 is 40.2. The van der Waals surface area contributed by atoms with Gasteiger partial charge in [-0.1, -0.05) is 18.2 Å². The Morgan fingerprint density at radius 2 is 1.84 bits per heavy atom. The van der Waals surface area contributed by atoms with Gasteiger partial charge in [-0.2, -0.15) is 18.3 Å². The highest BCUT2D eigenvalue weighted by Gasteiger charge is 2.30. The van der Waals surface area contributed by atoms with Crippen LogP contribution in [0.5, 0.6) is 5.75 Å². The molecule has 0 saturated carbocycles. The van der Waals surface area contributed by atoms with Gasteiger partial charge in [0, 0.05) is 18.3 Å². The number of benzene rings is 2. The molecule has 3 rings (SSSR count). The van der Waals surface area contributed by atoms with E-state index in [1.807, 2.05) is 0 Å². The van der Waals surface area contributed by atoms with Crippen molar-refractivity contribution in [3.8, 4) is 11.4 Å². The Morgan fingerprint density at radius 3 is 2.52 bits per heavy atom. The van der Waals surface area contributed by atoms with Gasteiger partial charge in [-0.25, -0.2) is 4.68 Å². The predicted octanol–water partition coefficient (Wildman–Crippen LogP) is 3.63. The number of phenolic OH excluding ortho intramolecular Hbond substituents is 1. The standard InChI is InChI=1S/C22H20F3N3O3/c1-14-12-19(30)20(21(31)26-11-3-4-15-7-9-18(29)10-8-15)27-28(14)17-6-2-5-16(13-17)22(23,24)25/h2,5-10,12-13,29H,3-4,11H2,1H3,(H,26,31). The molecule has 0 unspecified atom stereocenters. The second kappa shape index (κ2) is 9.03. The van der Waals surface area contributed by atoms with E-state index in [-0.39, 0.29) is 18.0 Å². The molecule has 3 aromatic rings. The lowest BCUT2D eigenvalue weighted by Gasteiger charge is -2.13. The molecule has 0 atom stereocenters. The molecule has 0 aliphatic rings. The number of rotatable bonds is 6. The molecule has 9 heteroatoms. The van der Waals surface area contributed by atoms with Crippen LogP contribution in [0.4, 0.5) is 13.2 Å². The van der Waals surface area contributed by atoms with E-state index < -0.39 is 28.8 Å². The molecule has 0 aliphatic heterocycles. The quantitative estimate of drug-likeness (QED) is 0.584. The minimum Gasteiger partial charge on any atom is -0.508 e. The number of alkyl halides is 3. The summed E-state index contributed by atoms with van der Waals surface area (Å²) in [6, 6.07) is 12.3. The summed E-state index contributed by atoms with van der Waals surface area (Å²) in [6.07, 6.45) is -3.29. The molecule has 6 nitrogen and oxygen atoms in total. The van der Waals surface area contributed by atoms with Crippen LogP contribution in [0.25, 0.3) is 5.69 Å². The minimum absolute atomic E-state index is 0.0914. The summed E-state index contributed by atoms with van der Waals surface area (Å²) in [7, 11) is 0. The molecule has 1 heterocycles. The molecular weight excluding hydrogens is 411 g/mol. The van der Waals surface area contributed by atoms with Crippen LogP contribution in [0.3, 0.4) is 0 Å². The Morgan fingerprint density at radius 1 is 1.13 bits per heavy atom. The van der Waals surface area contributed by atoms with Crippen molar-refractivity contribution < 1.29 is 23.1 Å². The van der Waals surface area contributed by atoms with E-state index in [2.05, 4.69) is 10.4 Å². The van der Waals surface area contributed by atoms with E-state index in [0.29, 0.717) is 18.5 Å². The molecule has 1 aromatic heterocycles. The van der Waals surface area contributed by atoms with Gasteiger partial charge in [-0.15, -0.1) is 0 Å². The van der Waals surface area contributed by atoms with Crippen molar-refractivity contribution in [1.29, 1.82) is 0 Å². The number of aromatic nitrogens is 2. The Labute approximate surface area is 176 Å². The third kappa shape index (κ3) is 5.50. The van der Waals surface area contributed by atoms with Crippen molar-refractivity contribution in [3.63, 3.8) is 0 Å². The zero-order valence-corrected chi connectivity index (χ0v) is 16.6. The predicted molar refractivity (Wildman–Crippen MR) is 108 cm³/mol. The number of carbonyl (C=O) groups is 1. The number of amides is 1. The third-order valence-corrected chi connectivity index (χ3v) is 4.60. The average molecular weight is 431 g/mol. The summed E-state index contributed by atoms with van der Waals surface area (Å²) in [4.78, 5) is 24.7. The van der Waals surface area contributed by atoms with Crippen LogP contribution >= 0.6 is 0 Å². The van der Waals surface area contributed by atoms with Crippen LogP contribution in [0.15, 0.2) is 59.4 Å². The van der Waals surface area contributed by atoms with Crippen LogP contribution in [0.1, 0.15) is 33.7 Å². The van der Waals surface area contributed by atoms with E-state index in [9.17, 15) is 27.9 Å². The number of hydrogen-bond acceptors (Lipinski definition) is 4. The largest absolute Gasteiger partial charge is 0.508 e. The lowest BCUT2D eigenvalue weighted by atomic mass is 10.1. The van der Waals surface area contributed by atoms with Gasteiger partial charge in [0.25, 0.3) is 5.91 Å². The molecule has 0 aliphatic carbocycles. The van der Waals surface area contributed by atoms with Gasteiger partial charge in [0.2, 0.25) is 5.43 Å². The first-order chi connectivity index (χ1) is 14.6. The SMILES string of the molecule is Cc1cc(=O)c(C(=O)NCCCc2ccc(O)cc2)nn1-c1cccc(C(F)(F)F)c1. The maximum Gasteiger partial charge on any atom is 0.416 e. The van der Waals surface area contributed by atoms with Gasteiger partial charge in [0.05, 0.1) is 11.3 Å². The number of phenols is 1. The highest BCUT2D eigenvalue weighted by Crippen LogP contribution is 2.30. The number of nitrogens with zero attached hydrogens (tertiary/aromatic N) is 2. The molecule has 2 N–H and O–H groups in total. The fourth-order valence-electron chi connectivity index (χ4n) is 3.02. The van der Waals surface area contributed by atoms with E-state index in [1.54, 1.807) is 24.3 Å². The van der Waals surface area contributed by atoms with Crippen LogP contribution in [-0.2, 0) is 12.6 Å². The number of halogens is 3. The molecule has 162 valence electrons. The zero-order valence-electron chi connectivity index (χ0n) is 16.6. The second-order valence-corrected chi connectivity index (χ2v) is 6.98. The fourth-order valence-corrected chi connectivity index (χ4v) is 3.02. The number of carbonyl (C=O) groups excluding carboxylic acids is 1. The summed E-state index contributed by atoms with van der Waals surface area (Å²) in [6.45, 7) is 1.80. The summed E-state index contributed by atoms with van der Waals surface area (Å²) >= 11 is 0. The van der Waals surface area contributed by atoms with E-state index in [4.69, 9.17) is 0 Å². The third-order valence-electron chi connectivity index (χ3n) is 4.60. The zero-order chi connectivity index (χ0) is 22.6. The van der Waals surface area contributed by atoms with Crippen LogP contribution in [0, 0.1) is 6.92 Å². The molecule has 31 heavy (non-hydrogen) atoms. The van der Waals surface area contributed by atoms with Gasteiger partial charge in [-0.3, -0.25) is 9.59 Å². The van der Waals surface area contributed by atoms with Gasteiger partial charge < -0.3 is 10.4 Å². The van der Waals surface area contributed by atoms with Gasteiger partial charge in [0.1, 0.15) is 5.75 Å². The maximum atomic E-state index is 13.0. The smallest absolute Gasteiger partial charge is 0.416 e. The van der Waals surface area contributed by atoms with Crippen molar-refractivity contribution in [2.24, 2.45) is 0 Å². The van der Waals surface area contributed by atoms with Crippen molar-refractivity contribution in [3.05, 3.63) is 87.3 Å². The number of aromatic hydroxyl groups is 1. The van der Waals surface area contributed by atoms with Crippen LogP contribution in [0.2, 0.25) is 0 Å². The topological polar surface area (TPSA) is 84.2 Å². The lowest BCUT2D eigenvalue weighted by molar-refractivity contribution is -0.137. The molecule has 0 bridgehead atoms. The summed E-state index contributed by atoms with van der Waals surface area (Å²) in [5, 5.41) is 15.9. The summed E-state index contributed by atoms with van der Waals surface area (Å²) in [5.74, 6) is -0.531. The van der Waals surface area contributed by atoms with Crippen molar-refractivity contribution in [2.75, 3.05) is 6.54 Å². The van der Waals surface area contributed by atoms with Crippen molar-refractivity contribution in [1.82, 2.24) is 15.1 Å². The Bertz CT molecular complexity index is 1140. The monoisotopic (exact) mass is 431 g/mol. The first kappa shape index (κ1) is 22.1. The van der Waals surface area contributed by atoms with Gasteiger partial charge in [0.15, 0.2) is 5.69 Å². The van der Waals surface area contributed by atoms with Crippen molar-refractivity contribution in [2.45, 2.75) is 25.9 Å². The van der Waals surface area contributed by atoms with E-state index in [1.165, 1.54) is 25.1 Å². The average Bonchev–Trinajstić information content (AvgIpc) is 2.72. The van der Waals surface area contributed by atoms with Crippen LogP contribution in [-0.4, -0.2) is 27.3 Å². The molecule has 0 saturated heterocycles. The highest BCUT2D eigenvalue weighted by atomic mass is 19.4. The lowest BCUT2D eigenvalue weighted by Crippen LogP contribution is -2.32. The van der Waals surface area contributed by atoms with Crippen LogP contribution < -0.4 is 10.7 Å². The molecular formula is C22H20F3N3O3. The molecule has 0 fully saturated rings.